The smallest absolute Gasteiger partial charge is 0.191 e. The number of benzene rings is 1. The first kappa shape index (κ1) is 21.6. The van der Waals surface area contributed by atoms with Gasteiger partial charge in [0.1, 0.15) is 0 Å². The molecule has 6 nitrogen and oxygen atoms in total. The zero-order valence-electron chi connectivity index (χ0n) is 15.8. The fourth-order valence-electron chi connectivity index (χ4n) is 2.09. The second-order valence-electron chi connectivity index (χ2n) is 5.95. The van der Waals surface area contributed by atoms with Crippen LogP contribution in [0, 0.1) is 5.92 Å². The molecule has 0 saturated carbocycles. The van der Waals surface area contributed by atoms with E-state index in [4.69, 9.17) is 14.2 Å². The molecule has 7 heteroatoms. The van der Waals surface area contributed by atoms with Crippen molar-refractivity contribution >= 4 is 21.9 Å². The number of guanidine groups is 1. The summed E-state index contributed by atoms with van der Waals surface area (Å²) in [6.45, 7) is 7.16. The standard InChI is InChI=1S/C18H30BrN3O3/c1-13(2)6-8-25-9-7-21-18(20-3)22-12-14-10-16(23-4)17(24-5)11-15(14)19/h10-11,13H,6-9,12H2,1-5H3,(H2,20,21,22). The number of halogens is 1. The second kappa shape index (κ2) is 12.0. The Hall–Kier alpha value is -1.47. The van der Waals surface area contributed by atoms with E-state index in [1.807, 2.05) is 12.1 Å². The highest BCUT2D eigenvalue weighted by Crippen LogP contribution is 2.33. The number of rotatable bonds is 10. The van der Waals surface area contributed by atoms with Gasteiger partial charge in [0.15, 0.2) is 17.5 Å². The van der Waals surface area contributed by atoms with Crippen LogP contribution in [0.5, 0.6) is 11.5 Å². The normalized spacial score (nSPS) is 11.6. The van der Waals surface area contributed by atoms with Gasteiger partial charge in [0.2, 0.25) is 0 Å². The van der Waals surface area contributed by atoms with Crippen molar-refractivity contribution < 1.29 is 14.2 Å². The Morgan fingerprint density at radius 1 is 1.12 bits per heavy atom. The van der Waals surface area contributed by atoms with Gasteiger partial charge in [-0.25, -0.2) is 0 Å². The third kappa shape index (κ3) is 7.96. The highest BCUT2D eigenvalue weighted by molar-refractivity contribution is 9.10. The minimum atomic E-state index is 0.606. The van der Waals surface area contributed by atoms with E-state index in [0.29, 0.717) is 37.1 Å². The van der Waals surface area contributed by atoms with Crippen LogP contribution in [0.3, 0.4) is 0 Å². The van der Waals surface area contributed by atoms with Gasteiger partial charge in [0.25, 0.3) is 0 Å². The summed E-state index contributed by atoms with van der Waals surface area (Å²) in [7, 11) is 5.00. The van der Waals surface area contributed by atoms with E-state index in [1.54, 1.807) is 21.3 Å². The molecule has 1 aromatic rings. The summed E-state index contributed by atoms with van der Waals surface area (Å²) in [5.41, 5.74) is 1.05. The van der Waals surface area contributed by atoms with Crippen molar-refractivity contribution in [1.29, 1.82) is 0 Å². The fourth-order valence-corrected chi connectivity index (χ4v) is 2.56. The molecule has 0 amide bonds. The van der Waals surface area contributed by atoms with Crippen molar-refractivity contribution in [2.24, 2.45) is 10.9 Å². The van der Waals surface area contributed by atoms with E-state index in [0.717, 1.165) is 29.0 Å². The molecular formula is C18H30BrN3O3. The SMILES string of the molecule is CN=C(NCCOCCC(C)C)NCc1cc(OC)c(OC)cc1Br. The molecule has 1 rings (SSSR count). The summed E-state index contributed by atoms with van der Waals surface area (Å²) < 4.78 is 17.2. The zero-order chi connectivity index (χ0) is 18.7. The van der Waals surface area contributed by atoms with Crippen molar-refractivity contribution in [1.82, 2.24) is 10.6 Å². The van der Waals surface area contributed by atoms with Crippen LogP contribution in [-0.2, 0) is 11.3 Å². The lowest BCUT2D eigenvalue weighted by atomic mass is 10.1. The first-order chi connectivity index (χ1) is 12.0. The summed E-state index contributed by atoms with van der Waals surface area (Å²) in [6, 6.07) is 3.84. The van der Waals surface area contributed by atoms with Crippen molar-refractivity contribution in [3.05, 3.63) is 22.2 Å². The molecule has 0 aromatic heterocycles. The Balaban J connectivity index is 2.44. The minimum Gasteiger partial charge on any atom is -0.493 e. The number of hydrogen-bond donors (Lipinski definition) is 2. The Morgan fingerprint density at radius 3 is 2.40 bits per heavy atom. The number of aliphatic imine (C=N–C) groups is 1. The first-order valence-electron chi connectivity index (χ1n) is 8.44. The zero-order valence-corrected chi connectivity index (χ0v) is 17.4. The van der Waals surface area contributed by atoms with Crippen LogP contribution in [-0.4, -0.2) is 47.0 Å². The molecule has 0 aliphatic heterocycles. The third-order valence-corrected chi connectivity index (χ3v) is 4.34. The molecule has 0 bridgehead atoms. The molecule has 0 aliphatic carbocycles. The highest BCUT2D eigenvalue weighted by Gasteiger charge is 2.10. The van der Waals surface area contributed by atoms with Crippen LogP contribution in [0.15, 0.2) is 21.6 Å². The Kier molecular flexibility index (Phi) is 10.3. The lowest BCUT2D eigenvalue weighted by Crippen LogP contribution is -2.38. The Labute approximate surface area is 159 Å². The molecule has 0 unspecified atom stereocenters. The quantitative estimate of drug-likeness (QED) is 0.349. The predicted octanol–water partition coefficient (Wildman–Crippen LogP) is 3.19. The maximum Gasteiger partial charge on any atom is 0.191 e. The monoisotopic (exact) mass is 415 g/mol. The van der Waals surface area contributed by atoms with Gasteiger partial charge < -0.3 is 24.8 Å². The van der Waals surface area contributed by atoms with Crippen LogP contribution in [0.4, 0.5) is 0 Å². The number of nitrogens with one attached hydrogen (secondary N) is 2. The molecule has 0 spiro atoms. The summed E-state index contributed by atoms with van der Waals surface area (Å²) in [4.78, 5) is 4.22. The molecule has 0 fully saturated rings. The third-order valence-electron chi connectivity index (χ3n) is 3.60. The van der Waals surface area contributed by atoms with Gasteiger partial charge in [-0.1, -0.05) is 29.8 Å². The van der Waals surface area contributed by atoms with E-state index in [-0.39, 0.29) is 0 Å². The molecule has 0 radical (unpaired) electrons. The van der Waals surface area contributed by atoms with Gasteiger partial charge in [-0.15, -0.1) is 0 Å². The topological polar surface area (TPSA) is 64.1 Å². The highest BCUT2D eigenvalue weighted by atomic mass is 79.9. The average Bonchev–Trinajstić information content (AvgIpc) is 2.60. The van der Waals surface area contributed by atoms with Crippen LogP contribution < -0.4 is 20.1 Å². The van der Waals surface area contributed by atoms with Gasteiger partial charge in [-0.05, 0) is 30.0 Å². The lowest BCUT2D eigenvalue weighted by Gasteiger charge is -2.15. The van der Waals surface area contributed by atoms with Crippen molar-refractivity contribution in [3.8, 4) is 11.5 Å². The molecule has 2 N–H and O–H groups in total. The van der Waals surface area contributed by atoms with E-state index in [1.165, 1.54) is 0 Å². The van der Waals surface area contributed by atoms with Gasteiger partial charge in [0.05, 0.1) is 20.8 Å². The number of hydrogen-bond acceptors (Lipinski definition) is 4. The van der Waals surface area contributed by atoms with E-state index in [2.05, 4.69) is 45.4 Å². The summed E-state index contributed by atoms with van der Waals surface area (Å²) >= 11 is 3.56. The lowest BCUT2D eigenvalue weighted by molar-refractivity contribution is 0.128. The number of ether oxygens (including phenoxy) is 3. The van der Waals surface area contributed by atoms with Crippen molar-refractivity contribution in [2.75, 3.05) is 41.0 Å². The largest absolute Gasteiger partial charge is 0.493 e. The fraction of sp³-hybridized carbons (Fsp3) is 0.611. The van der Waals surface area contributed by atoms with E-state index < -0.39 is 0 Å². The summed E-state index contributed by atoms with van der Waals surface area (Å²) in [5, 5.41) is 6.52. The second-order valence-corrected chi connectivity index (χ2v) is 6.80. The molecule has 1 aromatic carbocycles. The van der Waals surface area contributed by atoms with Gasteiger partial charge >= 0.3 is 0 Å². The van der Waals surface area contributed by atoms with Crippen molar-refractivity contribution in [3.63, 3.8) is 0 Å². The van der Waals surface area contributed by atoms with Crippen LogP contribution in [0.1, 0.15) is 25.8 Å². The summed E-state index contributed by atoms with van der Waals surface area (Å²) in [6.07, 6.45) is 1.08. The van der Waals surface area contributed by atoms with Crippen molar-refractivity contribution in [2.45, 2.75) is 26.8 Å². The average molecular weight is 416 g/mol. The Morgan fingerprint density at radius 2 is 1.80 bits per heavy atom. The minimum absolute atomic E-state index is 0.606. The van der Waals surface area contributed by atoms with Gasteiger partial charge in [0, 0.05) is 31.2 Å². The van der Waals surface area contributed by atoms with E-state index in [9.17, 15) is 0 Å². The first-order valence-corrected chi connectivity index (χ1v) is 9.23. The van der Waals surface area contributed by atoms with Crippen LogP contribution in [0.25, 0.3) is 0 Å². The molecule has 142 valence electrons. The van der Waals surface area contributed by atoms with Crippen LogP contribution in [0.2, 0.25) is 0 Å². The molecular weight excluding hydrogens is 386 g/mol. The van der Waals surface area contributed by atoms with Crippen LogP contribution >= 0.6 is 15.9 Å². The molecule has 0 saturated heterocycles. The maximum atomic E-state index is 5.59. The molecule has 0 atom stereocenters. The predicted molar refractivity (Wildman–Crippen MR) is 106 cm³/mol. The molecule has 25 heavy (non-hydrogen) atoms. The van der Waals surface area contributed by atoms with E-state index >= 15 is 0 Å². The number of methoxy groups -OCH3 is 2. The summed E-state index contributed by atoms with van der Waals surface area (Å²) in [5.74, 6) is 2.79. The molecule has 0 heterocycles. The van der Waals surface area contributed by atoms with Gasteiger partial charge in [-0.2, -0.15) is 0 Å². The molecule has 0 aliphatic rings. The Bertz CT molecular complexity index is 551. The maximum absolute atomic E-state index is 5.59. The number of nitrogens with zero attached hydrogens (tertiary/aromatic N) is 1. The van der Waals surface area contributed by atoms with Gasteiger partial charge in [-0.3, -0.25) is 4.99 Å².